The maximum absolute atomic E-state index is 13.1. The number of hydrogen-bond donors (Lipinski definition) is 1. The molecule has 0 amide bonds. The molecule has 3 nitrogen and oxygen atoms in total. The molecule has 1 atom stereocenters. The molecule has 1 N–H and O–H groups in total. The molecule has 1 aromatic carbocycles. The highest BCUT2D eigenvalue weighted by Crippen LogP contribution is 2.32. The molecule has 1 unspecified atom stereocenters. The van der Waals surface area contributed by atoms with Crippen LogP contribution in [0, 0.1) is 5.82 Å². The van der Waals surface area contributed by atoms with Crippen LogP contribution in [-0.4, -0.2) is 33.3 Å². The first-order valence-corrected chi connectivity index (χ1v) is 5.02. The summed E-state index contributed by atoms with van der Waals surface area (Å²) in [6, 6.07) is 4.86. The van der Waals surface area contributed by atoms with Crippen molar-refractivity contribution in [2.75, 3.05) is 32.1 Å². The molecule has 0 saturated carbocycles. The number of halogens is 1. The summed E-state index contributed by atoms with van der Waals surface area (Å²) in [5.41, 5.74) is 0.821. The Balaban J connectivity index is 2.28. The van der Waals surface area contributed by atoms with Gasteiger partial charge >= 0.3 is 0 Å². The normalized spacial score (nSPS) is 19.7. The van der Waals surface area contributed by atoms with Gasteiger partial charge in [-0.15, -0.1) is 0 Å². The summed E-state index contributed by atoms with van der Waals surface area (Å²) < 4.78 is 18.6. The fourth-order valence-electron chi connectivity index (χ4n) is 1.81. The molecule has 0 bridgehead atoms. The first-order valence-electron chi connectivity index (χ1n) is 5.02. The van der Waals surface area contributed by atoms with Gasteiger partial charge in [0.2, 0.25) is 0 Å². The number of nitrogens with one attached hydrogen (secondary N) is 1. The first kappa shape index (κ1) is 10.2. The van der Waals surface area contributed by atoms with Crippen LogP contribution in [-0.2, 0) is 0 Å². The Hall–Kier alpha value is -1.29. The second-order valence-electron chi connectivity index (χ2n) is 3.75. The zero-order valence-corrected chi connectivity index (χ0v) is 8.96. The van der Waals surface area contributed by atoms with Gasteiger partial charge in [-0.3, -0.25) is 0 Å². The van der Waals surface area contributed by atoms with Gasteiger partial charge in [0, 0.05) is 19.7 Å². The van der Waals surface area contributed by atoms with Gasteiger partial charge < -0.3 is 15.0 Å². The summed E-state index contributed by atoms with van der Waals surface area (Å²) in [7, 11) is 3.86. The number of nitrogens with zero attached hydrogens (tertiary/aromatic N) is 1. The maximum atomic E-state index is 13.1. The topological polar surface area (TPSA) is 24.5 Å². The van der Waals surface area contributed by atoms with Crippen LogP contribution >= 0.6 is 0 Å². The summed E-state index contributed by atoms with van der Waals surface area (Å²) in [6.07, 6.45) is 0. The summed E-state index contributed by atoms with van der Waals surface area (Å²) >= 11 is 0. The lowest BCUT2D eigenvalue weighted by atomic mass is 10.1. The first-order chi connectivity index (χ1) is 7.22. The number of anilines is 1. The van der Waals surface area contributed by atoms with Gasteiger partial charge in [0.15, 0.2) is 0 Å². The van der Waals surface area contributed by atoms with Crippen LogP contribution in [0.4, 0.5) is 10.1 Å². The third-order valence-electron chi connectivity index (χ3n) is 2.72. The highest BCUT2D eigenvalue weighted by Gasteiger charge is 2.24. The monoisotopic (exact) mass is 210 g/mol. The van der Waals surface area contributed by atoms with Crippen molar-refractivity contribution in [1.82, 2.24) is 5.32 Å². The van der Waals surface area contributed by atoms with E-state index in [-0.39, 0.29) is 11.9 Å². The van der Waals surface area contributed by atoms with E-state index < -0.39 is 0 Å². The van der Waals surface area contributed by atoms with Crippen LogP contribution < -0.4 is 15.0 Å². The van der Waals surface area contributed by atoms with Gasteiger partial charge in [-0.2, -0.15) is 0 Å². The smallest absolute Gasteiger partial charge is 0.142 e. The minimum Gasteiger partial charge on any atom is -0.489 e. The molecule has 1 aliphatic rings. The summed E-state index contributed by atoms with van der Waals surface area (Å²) in [5, 5.41) is 3.10. The Kier molecular flexibility index (Phi) is 2.77. The van der Waals surface area contributed by atoms with Crippen molar-refractivity contribution in [2.24, 2.45) is 0 Å². The van der Waals surface area contributed by atoms with E-state index in [1.807, 2.05) is 14.1 Å². The number of benzene rings is 1. The van der Waals surface area contributed by atoms with E-state index in [9.17, 15) is 4.39 Å². The highest BCUT2D eigenvalue weighted by atomic mass is 19.1. The van der Waals surface area contributed by atoms with E-state index in [0.29, 0.717) is 6.61 Å². The fraction of sp³-hybridized carbons (Fsp3) is 0.455. The van der Waals surface area contributed by atoms with E-state index in [2.05, 4.69) is 10.2 Å². The second-order valence-corrected chi connectivity index (χ2v) is 3.75. The van der Waals surface area contributed by atoms with Gasteiger partial charge in [0.25, 0.3) is 0 Å². The molecule has 1 heterocycles. The minimum atomic E-state index is -0.227. The fourth-order valence-corrected chi connectivity index (χ4v) is 1.81. The Bertz CT molecular complexity index is 356. The van der Waals surface area contributed by atoms with Crippen LogP contribution in [0.15, 0.2) is 18.2 Å². The Labute approximate surface area is 88.8 Å². The molecule has 0 aromatic heterocycles. The third-order valence-corrected chi connectivity index (χ3v) is 2.72. The van der Waals surface area contributed by atoms with Crippen molar-refractivity contribution in [3.63, 3.8) is 0 Å². The predicted octanol–water partition coefficient (Wildman–Crippen LogP) is 1.24. The van der Waals surface area contributed by atoms with Gasteiger partial charge in [-0.1, -0.05) is 0 Å². The predicted molar refractivity (Wildman–Crippen MR) is 58.0 cm³/mol. The van der Waals surface area contributed by atoms with Crippen molar-refractivity contribution >= 4 is 5.69 Å². The molecule has 82 valence electrons. The molecule has 15 heavy (non-hydrogen) atoms. The SMILES string of the molecule is CNCC1COc2ccc(F)cc2N1C. The van der Waals surface area contributed by atoms with Gasteiger partial charge in [0.1, 0.15) is 18.2 Å². The second kappa shape index (κ2) is 4.06. The number of fused-ring (bicyclic) bond motifs is 1. The lowest BCUT2D eigenvalue weighted by Gasteiger charge is -2.35. The number of ether oxygens (including phenoxy) is 1. The molecule has 1 aliphatic heterocycles. The van der Waals surface area contributed by atoms with Crippen LogP contribution in [0.5, 0.6) is 5.75 Å². The van der Waals surface area contributed by atoms with Crippen LogP contribution in [0.25, 0.3) is 0 Å². The molecule has 4 heteroatoms. The molecule has 0 fully saturated rings. The van der Waals surface area contributed by atoms with E-state index in [4.69, 9.17) is 4.74 Å². The quantitative estimate of drug-likeness (QED) is 0.795. The van der Waals surface area contributed by atoms with Crippen molar-refractivity contribution in [1.29, 1.82) is 0 Å². The summed E-state index contributed by atoms with van der Waals surface area (Å²) in [6.45, 7) is 1.46. The third kappa shape index (κ3) is 1.90. The zero-order valence-electron chi connectivity index (χ0n) is 8.96. The van der Waals surface area contributed by atoms with Gasteiger partial charge in [-0.05, 0) is 19.2 Å². The molecule has 0 saturated heterocycles. The van der Waals surface area contributed by atoms with Crippen LogP contribution in [0.2, 0.25) is 0 Å². The van der Waals surface area contributed by atoms with E-state index in [0.717, 1.165) is 18.0 Å². The molecular weight excluding hydrogens is 195 g/mol. The summed E-state index contributed by atoms with van der Waals surface area (Å²) in [5.74, 6) is 0.528. The highest BCUT2D eigenvalue weighted by molar-refractivity contribution is 5.60. The lowest BCUT2D eigenvalue weighted by Crippen LogP contribution is -2.46. The number of hydrogen-bond acceptors (Lipinski definition) is 3. The van der Waals surface area contributed by atoms with Crippen molar-refractivity contribution in [3.8, 4) is 5.75 Å². The van der Waals surface area contributed by atoms with Gasteiger partial charge in [-0.25, -0.2) is 4.39 Å². The zero-order chi connectivity index (χ0) is 10.8. The minimum absolute atomic E-state index is 0.227. The molecule has 0 radical (unpaired) electrons. The molecule has 0 spiro atoms. The summed E-state index contributed by atoms with van der Waals surface area (Å²) in [4.78, 5) is 2.05. The average molecular weight is 210 g/mol. The van der Waals surface area contributed by atoms with Crippen molar-refractivity contribution < 1.29 is 9.13 Å². The Morgan fingerprint density at radius 3 is 3.13 bits per heavy atom. The van der Waals surface area contributed by atoms with Crippen LogP contribution in [0.1, 0.15) is 0 Å². The van der Waals surface area contributed by atoms with E-state index in [1.165, 1.54) is 12.1 Å². The standard InChI is InChI=1S/C11H15FN2O/c1-13-6-9-7-15-11-4-3-8(12)5-10(11)14(9)2/h3-5,9,13H,6-7H2,1-2H3. The number of rotatable bonds is 2. The van der Waals surface area contributed by atoms with Crippen molar-refractivity contribution in [3.05, 3.63) is 24.0 Å². The van der Waals surface area contributed by atoms with Crippen molar-refractivity contribution in [2.45, 2.75) is 6.04 Å². The maximum Gasteiger partial charge on any atom is 0.142 e. The van der Waals surface area contributed by atoms with Crippen LogP contribution in [0.3, 0.4) is 0 Å². The molecule has 2 rings (SSSR count). The molecule has 1 aromatic rings. The average Bonchev–Trinajstić information content (AvgIpc) is 2.23. The van der Waals surface area contributed by atoms with E-state index >= 15 is 0 Å². The van der Waals surface area contributed by atoms with Gasteiger partial charge in [0.05, 0.1) is 11.7 Å². The Morgan fingerprint density at radius 1 is 1.60 bits per heavy atom. The molecular formula is C11H15FN2O. The lowest BCUT2D eigenvalue weighted by molar-refractivity contribution is 0.264. The largest absolute Gasteiger partial charge is 0.489 e. The number of likely N-dealkylation sites (N-methyl/N-ethyl adjacent to an activating group) is 2. The van der Waals surface area contributed by atoms with E-state index in [1.54, 1.807) is 6.07 Å². The Morgan fingerprint density at radius 2 is 2.40 bits per heavy atom. The molecule has 0 aliphatic carbocycles.